The van der Waals surface area contributed by atoms with Crippen molar-refractivity contribution in [3.63, 3.8) is 0 Å². The molecule has 5 rings (SSSR count). The van der Waals surface area contributed by atoms with Gasteiger partial charge in [-0.3, -0.25) is 14.3 Å². The number of carbonyl (C=O) groups is 1. The molecule has 0 saturated carbocycles. The van der Waals surface area contributed by atoms with Crippen molar-refractivity contribution in [2.24, 2.45) is 0 Å². The molecular formula is C22H19N5O4S. The summed E-state index contributed by atoms with van der Waals surface area (Å²) in [4.78, 5) is 16.6. The van der Waals surface area contributed by atoms with Crippen LogP contribution >= 0.6 is 11.8 Å². The Bertz CT molecular complexity index is 1210. The van der Waals surface area contributed by atoms with E-state index >= 15 is 0 Å². The van der Waals surface area contributed by atoms with Crippen molar-refractivity contribution < 1.29 is 18.7 Å². The molecule has 1 N–H and O–H groups in total. The summed E-state index contributed by atoms with van der Waals surface area (Å²) < 4.78 is 18.5. The van der Waals surface area contributed by atoms with E-state index in [1.54, 1.807) is 36.9 Å². The number of furan rings is 1. The van der Waals surface area contributed by atoms with Crippen molar-refractivity contribution in [3.8, 4) is 22.9 Å². The summed E-state index contributed by atoms with van der Waals surface area (Å²) in [5.74, 6) is 2.76. The van der Waals surface area contributed by atoms with Crippen LogP contribution in [0.1, 0.15) is 5.76 Å². The Balaban J connectivity index is 1.30. The molecule has 3 aromatic heterocycles. The number of pyridine rings is 1. The van der Waals surface area contributed by atoms with Gasteiger partial charge in [0.1, 0.15) is 19.0 Å². The molecule has 1 amide bonds. The average Bonchev–Trinajstić information content (AvgIpc) is 3.49. The number of hydrogen-bond acceptors (Lipinski definition) is 8. The second-order valence-electron chi connectivity index (χ2n) is 6.90. The summed E-state index contributed by atoms with van der Waals surface area (Å²) in [5, 5.41) is 12.1. The number of rotatable bonds is 7. The minimum atomic E-state index is -0.162. The Kier molecular flexibility index (Phi) is 5.75. The highest BCUT2D eigenvalue weighted by Gasteiger charge is 2.18. The fraction of sp³-hybridized carbons (Fsp3) is 0.182. The molecule has 0 unspecified atom stereocenters. The van der Waals surface area contributed by atoms with Crippen LogP contribution in [0.5, 0.6) is 11.5 Å². The number of amides is 1. The summed E-state index contributed by atoms with van der Waals surface area (Å²) >= 11 is 1.30. The number of fused-ring (bicyclic) bond motifs is 1. The predicted octanol–water partition coefficient (Wildman–Crippen LogP) is 3.48. The van der Waals surface area contributed by atoms with Gasteiger partial charge in [0, 0.05) is 29.7 Å². The highest BCUT2D eigenvalue weighted by atomic mass is 32.2. The molecule has 0 spiro atoms. The topological polar surface area (TPSA) is 104 Å². The molecule has 0 bridgehead atoms. The van der Waals surface area contributed by atoms with Gasteiger partial charge in [-0.15, -0.1) is 10.2 Å². The predicted molar refractivity (Wildman–Crippen MR) is 118 cm³/mol. The number of aromatic nitrogens is 4. The maximum Gasteiger partial charge on any atom is 0.234 e. The number of carbonyl (C=O) groups excluding carboxylic acids is 1. The van der Waals surface area contributed by atoms with Crippen molar-refractivity contribution in [1.29, 1.82) is 0 Å². The van der Waals surface area contributed by atoms with Gasteiger partial charge in [0.25, 0.3) is 0 Å². The van der Waals surface area contributed by atoms with E-state index in [4.69, 9.17) is 13.9 Å². The molecule has 0 aliphatic carbocycles. The fourth-order valence-corrected chi connectivity index (χ4v) is 4.00. The standard InChI is InChI=1S/C22H19N5O4S/c28-20(24-16-3-4-18-19(12-16)31-11-10-30-18)14-32-22-26-25-21(15-5-7-23-8-6-15)27(22)13-17-2-1-9-29-17/h1-9,12H,10-11,13-14H2,(H,24,28). The first-order valence-electron chi connectivity index (χ1n) is 9.94. The summed E-state index contributed by atoms with van der Waals surface area (Å²) in [5.41, 5.74) is 1.53. The maximum atomic E-state index is 12.6. The summed E-state index contributed by atoms with van der Waals surface area (Å²) in [7, 11) is 0. The Labute approximate surface area is 187 Å². The molecule has 0 atom stereocenters. The maximum absolute atomic E-state index is 12.6. The zero-order valence-corrected chi connectivity index (χ0v) is 17.7. The molecule has 162 valence electrons. The molecule has 4 aromatic rings. The second-order valence-corrected chi connectivity index (χ2v) is 7.85. The van der Waals surface area contributed by atoms with E-state index in [1.165, 1.54) is 11.8 Å². The average molecular weight is 449 g/mol. The van der Waals surface area contributed by atoms with Gasteiger partial charge in [-0.25, -0.2) is 0 Å². The summed E-state index contributed by atoms with van der Waals surface area (Å²) in [6.07, 6.45) is 5.03. The van der Waals surface area contributed by atoms with Crippen LogP contribution in [-0.2, 0) is 11.3 Å². The molecule has 1 aromatic carbocycles. The van der Waals surface area contributed by atoms with E-state index in [9.17, 15) is 4.79 Å². The SMILES string of the molecule is O=C(CSc1nnc(-c2ccncc2)n1Cc1ccco1)Nc1ccc2c(c1)OCCO2. The molecule has 0 fully saturated rings. The van der Waals surface area contributed by atoms with Crippen molar-refractivity contribution in [2.75, 3.05) is 24.3 Å². The Morgan fingerprint density at radius 2 is 1.91 bits per heavy atom. The minimum Gasteiger partial charge on any atom is -0.486 e. The molecule has 1 aliphatic rings. The van der Waals surface area contributed by atoms with Gasteiger partial charge in [-0.2, -0.15) is 0 Å². The third kappa shape index (κ3) is 4.45. The van der Waals surface area contributed by atoms with Crippen LogP contribution in [-0.4, -0.2) is 44.6 Å². The first-order chi connectivity index (χ1) is 15.8. The minimum absolute atomic E-state index is 0.162. The van der Waals surface area contributed by atoms with Gasteiger partial charge < -0.3 is 19.2 Å². The van der Waals surface area contributed by atoms with E-state index < -0.39 is 0 Å². The zero-order chi connectivity index (χ0) is 21.8. The fourth-order valence-electron chi connectivity index (χ4n) is 3.26. The number of hydrogen-bond donors (Lipinski definition) is 1. The van der Waals surface area contributed by atoms with Crippen LogP contribution in [0.4, 0.5) is 5.69 Å². The Morgan fingerprint density at radius 1 is 1.06 bits per heavy atom. The lowest BCUT2D eigenvalue weighted by atomic mass is 10.2. The number of benzene rings is 1. The first-order valence-corrected chi connectivity index (χ1v) is 10.9. The van der Waals surface area contributed by atoms with Crippen LogP contribution in [0.3, 0.4) is 0 Å². The molecule has 32 heavy (non-hydrogen) atoms. The number of ether oxygens (including phenoxy) is 2. The second kappa shape index (κ2) is 9.15. The molecule has 0 radical (unpaired) electrons. The normalized spacial score (nSPS) is 12.5. The number of anilines is 1. The molecule has 1 aliphatic heterocycles. The third-order valence-corrected chi connectivity index (χ3v) is 5.67. The smallest absolute Gasteiger partial charge is 0.234 e. The van der Waals surface area contributed by atoms with Crippen molar-refractivity contribution in [2.45, 2.75) is 11.7 Å². The largest absolute Gasteiger partial charge is 0.486 e. The first kappa shape index (κ1) is 20.1. The number of thioether (sulfide) groups is 1. The highest BCUT2D eigenvalue weighted by molar-refractivity contribution is 7.99. The van der Waals surface area contributed by atoms with Gasteiger partial charge in [0.2, 0.25) is 5.91 Å². The van der Waals surface area contributed by atoms with Gasteiger partial charge in [0.05, 0.1) is 18.6 Å². The van der Waals surface area contributed by atoms with Gasteiger partial charge in [-0.05, 0) is 36.4 Å². The van der Waals surface area contributed by atoms with Gasteiger partial charge >= 0.3 is 0 Å². The summed E-state index contributed by atoms with van der Waals surface area (Å²) in [6.45, 7) is 1.46. The Morgan fingerprint density at radius 3 is 2.72 bits per heavy atom. The number of nitrogens with one attached hydrogen (secondary N) is 1. The lowest BCUT2D eigenvalue weighted by Gasteiger charge is -2.19. The monoisotopic (exact) mass is 449 g/mol. The van der Waals surface area contributed by atoms with Crippen LogP contribution < -0.4 is 14.8 Å². The quantitative estimate of drug-likeness (QED) is 0.428. The van der Waals surface area contributed by atoms with Crippen LogP contribution in [0.2, 0.25) is 0 Å². The van der Waals surface area contributed by atoms with Crippen molar-refractivity contribution >= 4 is 23.4 Å². The van der Waals surface area contributed by atoms with E-state index in [0.717, 1.165) is 11.3 Å². The third-order valence-electron chi connectivity index (χ3n) is 4.71. The van der Waals surface area contributed by atoms with Crippen molar-refractivity contribution in [3.05, 3.63) is 66.9 Å². The van der Waals surface area contributed by atoms with Crippen LogP contribution in [0, 0.1) is 0 Å². The Hall–Kier alpha value is -3.79. The molecule has 9 nitrogen and oxygen atoms in total. The molecular weight excluding hydrogens is 430 g/mol. The van der Waals surface area contributed by atoms with E-state index in [1.807, 2.05) is 28.8 Å². The lowest BCUT2D eigenvalue weighted by Crippen LogP contribution is -2.17. The van der Waals surface area contributed by atoms with Crippen molar-refractivity contribution in [1.82, 2.24) is 19.7 Å². The van der Waals surface area contributed by atoms with Crippen LogP contribution in [0.25, 0.3) is 11.4 Å². The van der Waals surface area contributed by atoms with E-state index in [2.05, 4.69) is 20.5 Å². The van der Waals surface area contributed by atoms with E-state index in [0.29, 0.717) is 47.9 Å². The zero-order valence-electron chi connectivity index (χ0n) is 16.9. The van der Waals surface area contributed by atoms with Gasteiger partial charge in [-0.1, -0.05) is 11.8 Å². The molecule has 0 saturated heterocycles. The van der Waals surface area contributed by atoms with Gasteiger partial charge in [0.15, 0.2) is 22.5 Å². The highest BCUT2D eigenvalue weighted by Crippen LogP contribution is 2.32. The van der Waals surface area contributed by atoms with E-state index in [-0.39, 0.29) is 11.7 Å². The number of nitrogens with zero attached hydrogens (tertiary/aromatic N) is 4. The molecule has 4 heterocycles. The summed E-state index contributed by atoms with van der Waals surface area (Å²) in [6, 6.07) is 12.8. The molecule has 10 heteroatoms. The van der Waals surface area contributed by atoms with Crippen LogP contribution in [0.15, 0.2) is 70.7 Å². The lowest BCUT2D eigenvalue weighted by molar-refractivity contribution is -0.113.